The molecule has 1 fully saturated rings. The summed E-state index contributed by atoms with van der Waals surface area (Å²) in [7, 11) is 0. The largest absolute Gasteiger partial charge is 0.401 e. The Labute approximate surface area is 111 Å². The third-order valence-corrected chi connectivity index (χ3v) is 3.22. The Morgan fingerprint density at radius 2 is 1.95 bits per heavy atom. The second-order valence-corrected chi connectivity index (χ2v) is 4.97. The van der Waals surface area contributed by atoms with E-state index in [1.54, 1.807) is 4.90 Å². The van der Waals surface area contributed by atoms with Crippen LogP contribution >= 0.6 is 0 Å². The minimum Gasteiger partial charge on any atom is -0.340 e. The lowest BCUT2D eigenvalue weighted by Crippen LogP contribution is -2.45. The molecular formula is C12H22F3N3O. The molecule has 1 saturated heterocycles. The Kier molecular flexibility index (Phi) is 6.06. The maximum atomic E-state index is 12.3. The van der Waals surface area contributed by atoms with Crippen LogP contribution in [0.2, 0.25) is 0 Å². The fraction of sp³-hybridized carbons (Fsp3) is 0.917. The van der Waals surface area contributed by atoms with Gasteiger partial charge in [0.05, 0.1) is 12.6 Å². The molecule has 0 spiro atoms. The number of nitrogens with zero attached hydrogens (tertiary/aromatic N) is 2. The molecule has 0 radical (unpaired) electrons. The summed E-state index contributed by atoms with van der Waals surface area (Å²) in [6, 6.07) is -0.529. The van der Waals surface area contributed by atoms with Crippen molar-refractivity contribution < 1.29 is 18.0 Å². The topological polar surface area (TPSA) is 49.6 Å². The lowest BCUT2D eigenvalue weighted by molar-refractivity contribution is -0.145. The lowest BCUT2D eigenvalue weighted by atomic mass is 10.1. The number of carbonyl (C=O) groups is 1. The molecule has 112 valence electrons. The van der Waals surface area contributed by atoms with Crippen molar-refractivity contribution in [2.75, 3.05) is 32.7 Å². The zero-order valence-electron chi connectivity index (χ0n) is 11.2. The predicted octanol–water partition coefficient (Wildman–Crippen LogP) is 1.21. The third kappa shape index (κ3) is 5.78. The average molecular weight is 281 g/mol. The molecule has 0 aromatic rings. The van der Waals surface area contributed by atoms with Gasteiger partial charge in [0.15, 0.2) is 0 Å². The quantitative estimate of drug-likeness (QED) is 0.842. The zero-order valence-corrected chi connectivity index (χ0v) is 11.2. The number of rotatable bonds is 4. The number of alkyl halides is 3. The Morgan fingerprint density at radius 3 is 2.53 bits per heavy atom. The second-order valence-electron chi connectivity index (χ2n) is 4.97. The van der Waals surface area contributed by atoms with E-state index in [1.165, 1.54) is 4.90 Å². The van der Waals surface area contributed by atoms with Gasteiger partial charge < -0.3 is 10.6 Å². The SMILES string of the molecule is CCCC(N)C(=O)N1CCCN(CC(F)(F)F)CC1. The maximum absolute atomic E-state index is 12.3. The highest BCUT2D eigenvalue weighted by atomic mass is 19.4. The van der Waals surface area contributed by atoms with Crippen LogP contribution in [0, 0.1) is 0 Å². The van der Waals surface area contributed by atoms with E-state index in [0.29, 0.717) is 32.5 Å². The molecule has 7 heteroatoms. The molecule has 1 atom stereocenters. The number of amides is 1. The van der Waals surface area contributed by atoms with Crippen LogP contribution in [0.15, 0.2) is 0 Å². The summed E-state index contributed by atoms with van der Waals surface area (Å²) in [6.45, 7) is 2.48. The van der Waals surface area contributed by atoms with E-state index >= 15 is 0 Å². The summed E-state index contributed by atoms with van der Waals surface area (Å²) in [4.78, 5) is 14.9. The molecule has 0 bridgehead atoms. The number of hydrogen-bond donors (Lipinski definition) is 1. The first-order chi connectivity index (χ1) is 8.83. The van der Waals surface area contributed by atoms with Crippen molar-refractivity contribution in [1.29, 1.82) is 0 Å². The van der Waals surface area contributed by atoms with Gasteiger partial charge in [-0.2, -0.15) is 13.2 Å². The summed E-state index contributed by atoms with van der Waals surface area (Å²) in [6.07, 6.45) is -2.19. The third-order valence-electron chi connectivity index (χ3n) is 3.22. The van der Waals surface area contributed by atoms with Crippen molar-refractivity contribution in [1.82, 2.24) is 9.80 Å². The molecule has 0 aliphatic carbocycles. The van der Waals surface area contributed by atoms with Gasteiger partial charge in [-0.3, -0.25) is 9.69 Å². The Morgan fingerprint density at radius 1 is 1.26 bits per heavy atom. The summed E-state index contributed by atoms with van der Waals surface area (Å²) >= 11 is 0. The molecule has 4 nitrogen and oxygen atoms in total. The van der Waals surface area contributed by atoms with Gasteiger partial charge >= 0.3 is 6.18 Å². The minimum atomic E-state index is -4.18. The first-order valence-corrected chi connectivity index (χ1v) is 6.67. The smallest absolute Gasteiger partial charge is 0.340 e. The van der Waals surface area contributed by atoms with Crippen molar-refractivity contribution in [3.8, 4) is 0 Å². The van der Waals surface area contributed by atoms with Crippen LogP contribution in [-0.4, -0.2) is 60.6 Å². The molecule has 1 unspecified atom stereocenters. The van der Waals surface area contributed by atoms with Crippen molar-refractivity contribution in [3.63, 3.8) is 0 Å². The van der Waals surface area contributed by atoms with Gasteiger partial charge in [-0.15, -0.1) is 0 Å². The number of nitrogens with two attached hydrogens (primary N) is 1. The van der Waals surface area contributed by atoms with E-state index < -0.39 is 18.8 Å². The number of carbonyl (C=O) groups excluding carboxylic acids is 1. The fourth-order valence-corrected chi connectivity index (χ4v) is 2.27. The first kappa shape index (κ1) is 16.2. The molecule has 1 aliphatic rings. The van der Waals surface area contributed by atoms with Crippen molar-refractivity contribution >= 4 is 5.91 Å². The monoisotopic (exact) mass is 281 g/mol. The van der Waals surface area contributed by atoms with Crippen LogP contribution in [0.3, 0.4) is 0 Å². The summed E-state index contributed by atoms with van der Waals surface area (Å²) in [5, 5.41) is 0. The molecule has 0 aromatic carbocycles. The van der Waals surface area contributed by atoms with Gasteiger partial charge in [-0.05, 0) is 12.8 Å². The number of halogens is 3. The molecule has 1 aliphatic heterocycles. The van der Waals surface area contributed by atoms with Crippen molar-refractivity contribution in [3.05, 3.63) is 0 Å². The summed E-state index contributed by atoms with van der Waals surface area (Å²) in [5.74, 6) is -0.143. The zero-order chi connectivity index (χ0) is 14.5. The summed E-state index contributed by atoms with van der Waals surface area (Å²) < 4.78 is 36.9. The van der Waals surface area contributed by atoms with Crippen LogP contribution in [0.4, 0.5) is 13.2 Å². The van der Waals surface area contributed by atoms with Gasteiger partial charge in [0.25, 0.3) is 0 Å². The Hall–Kier alpha value is -0.820. The van der Waals surface area contributed by atoms with Crippen LogP contribution in [0.1, 0.15) is 26.2 Å². The number of hydrogen-bond acceptors (Lipinski definition) is 3. The Balaban J connectivity index is 2.47. The predicted molar refractivity (Wildman–Crippen MR) is 66.6 cm³/mol. The molecule has 1 amide bonds. The van der Waals surface area contributed by atoms with Crippen molar-refractivity contribution in [2.24, 2.45) is 5.73 Å². The van der Waals surface area contributed by atoms with E-state index in [-0.39, 0.29) is 12.5 Å². The molecule has 2 N–H and O–H groups in total. The minimum absolute atomic E-state index is 0.143. The van der Waals surface area contributed by atoms with Gasteiger partial charge in [0.1, 0.15) is 0 Å². The highest BCUT2D eigenvalue weighted by Crippen LogP contribution is 2.17. The van der Waals surface area contributed by atoms with E-state index in [9.17, 15) is 18.0 Å². The first-order valence-electron chi connectivity index (χ1n) is 6.67. The standard InChI is InChI=1S/C12H22F3N3O/c1-2-4-10(16)11(19)18-6-3-5-17(7-8-18)9-12(13,14)15/h10H,2-9,16H2,1H3. The highest BCUT2D eigenvalue weighted by molar-refractivity contribution is 5.81. The Bertz CT molecular complexity index is 296. The van der Waals surface area contributed by atoms with Crippen molar-refractivity contribution in [2.45, 2.75) is 38.4 Å². The van der Waals surface area contributed by atoms with E-state index in [0.717, 1.165) is 6.42 Å². The van der Waals surface area contributed by atoms with Gasteiger partial charge in [-0.1, -0.05) is 13.3 Å². The van der Waals surface area contributed by atoms with E-state index in [2.05, 4.69) is 0 Å². The van der Waals surface area contributed by atoms with Crippen LogP contribution in [0.5, 0.6) is 0 Å². The van der Waals surface area contributed by atoms with Gasteiger partial charge in [-0.25, -0.2) is 0 Å². The van der Waals surface area contributed by atoms with Crippen LogP contribution < -0.4 is 5.73 Å². The molecule has 0 aromatic heterocycles. The molecule has 1 heterocycles. The van der Waals surface area contributed by atoms with Gasteiger partial charge in [0, 0.05) is 26.2 Å². The maximum Gasteiger partial charge on any atom is 0.401 e. The van der Waals surface area contributed by atoms with Crippen LogP contribution in [-0.2, 0) is 4.79 Å². The van der Waals surface area contributed by atoms with E-state index in [1.807, 2.05) is 6.92 Å². The summed E-state index contributed by atoms with van der Waals surface area (Å²) in [5.41, 5.74) is 5.76. The second kappa shape index (κ2) is 7.09. The molecule has 1 rings (SSSR count). The molecule has 0 saturated carbocycles. The van der Waals surface area contributed by atoms with Crippen LogP contribution in [0.25, 0.3) is 0 Å². The molecule has 19 heavy (non-hydrogen) atoms. The van der Waals surface area contributed by atoms with E-state index in [4.69, 9.17) is 5.73 Å². The van der Waals surface area contributed by atoms with Gasteiger partial charge in [0.2, 0.25) is 5.91 Å². The normalized spacial score (nSPS) is 20.2. The highest BCUT2D eigenvalue weighted by Gasteiger charge is 2.32. The fourth-order valence-electron chi connectivity index (χ4n) is 2.27. The average Bonchev–Trinajstić information content (AvgIpc) is 2.52. The lowest BCUT2D eigenvalue weighted by Gasteiger charge is -2.24. The molecular weight excluding hydrogens is 259 g/mol.